The molecule has 1 saturated heterocycles. The van der Waals surface area contributed by atoms with E-state index in [1.54, 1.807) is 13.2 Å². The first-order valence-corrected chi connectivity index (χ1v) is 11.5. The topological polar surface area (TPSA) is 62.3 Å². The summed E-state index contributed by atoms with van der Waals surface area (Å²) in [6.07, 6.45) is 5.99. The van der Waals surface area contributed by atoms with Crippen molar-refractivity contribution in [2.24, 2.45) is 5.41 Å². The molecular weight excluding hydrogens is 410 g/mol. The molecule has 0 atom stereocenters. The maximum Gasteiger partial charge on any atom is 0.226 e. The predicted molar refractivity (Wildman–Crippen MR) is 131 cm³/mol. The molecule has 0 bridgehead atoms. The molecule has 33 heavy (non-hydrogen) atoms. The number of carbonyl (C=O) groups excluding carboxylic acids is 2. The lowest BCUT2D eigenvalue weighted by Crippen LogP contribution is -2.50. The van der Waals surface area contributed by atoms with Crippen LogP contribution in [0.5, 0.6) is 0 Å². The van der Waals surface area contributed by atoms with E-state index in [9.17, 15) is 9.59 Å². The van der Waals surface area contributed by atoms with Crippen molar-refractivity contribution in [3.63, 3.8) is 0 Å². The van der Waals surface area contributed by atoms with Crippen LogP contribution in [0.3, 0.4) is 0 Å². The molecule has 170 valence electrons. The predicted octanol–water partition coefficient (Wildman–Crippen LogP) is 4.20. The van der Waals surface area contributed by atoms with Crippen LogP contribution >= 0.6 is 0 Å². The Labute approximate surface area is 195 Å². The Kier molecular flexibility index (Phi) is 6.87. The van der Waals surface area contributed by atoms with Crippen molar-refractivity contribution in [1.82, 2.24) is 15.2 Å². The lowest BCUT2D eigenvalue weighted by molar-refractivity contribution is -0.140. The summed E-state index contributed by atoms with van der Waals surface area (Å²) in [5.74, 6) is 0.185. The zero-order chi connectivity index (χ0) is 23.3. The average Bonchev–Trinajstić information content (AvgIpc) is 2.84. The van der Waals surface area contributed by atoms with Crippen LogP contribution < -0.4 is 5.32 Å². The summed E-state index contributed by atoms with van der Waals surface area (Å²) in [7, 11) is 1.70. The molecule has 0 saturated carbocycles. The first-order valence-electron chi connectivity index (χ1n) is 11.5. The van der Waals surface area contributed by atoms with Crippen molar-refractivity contribution >= 4 is 11.8 Å². The molecule has 5 heteroatoms. The third-order valence-electron chi connectivity index (χ3n) is 6.68. The molecule has 1 aliphatic heterocycles. The van der Waals surface area contributed by atoms with Gasteiger partial charge in [-0.05, 0) is 54.5 Å². The van der Waals surface area contributed by atoms with Gasteiger partial charge in [0.2, 0.25) is 11.8 Å². The fourth-order valence-corrected chi connectivity index (χ4v) is 4.83. The SMILES string of the molecule is CNC(=O)C1(Cc2cccc(-c3cccnc3)c2)CCN(C(=O)Cc2cccc(C)c2)CC1. The lowest BCUT2D eigenvalue weighted by atomic mass is 9.72. The Bertz CT molecular complexity index is 1120. The molecule has 4 rings (SSSR count). The summed E-state index contributed by atoms with van der Waals surface area (Å²) in [5.41, 5.74) is 4.96. The van der Waals surface area contributed by atoms with E-state index in [1.165, 1.54) is 0 Å². The quantitative estimate of drug-likeness (QED) is 0.624. The van der Waals surface area contributed by atoms with E-state index in [-0.39, 0.29) is 11.8 Å². The van der Waals surface area contributed by atoms with Crippen LogP contribution in [0, 0.1) is 12.3 Å². The summed E-state index contributed by atoms with van der Waals surface area (Å²) in [6.45, 7) is 3.23. The van der Waals surface area contributed by atoms with Crippen molar-refractivity contribution < 1.29 is 9.59 Å². The number of carbonyl (C=O) groups is 2. The minimum absolute atomic E-state index is 0.0556. The number of rotatable bonds is 6. The van der Waals surface area contributed by atoms with Gasteiger partial charge in [-0.25, -0.2) is 0 Å². The molecule has 0 radical (unpaired) electrons. The number of likely N-dealkylation sites (tertiary alicyclic amines) is 1. The zero-order valence-electron chi connectivity index (χ0n) is 19.4. The van der Waals surface area contributed by atoms with Gasteiger partial charge in [-0.2, -0.15) is 0 Å². The first-order chi connectivity index (χ1) is 16.0. The Hall–Kier alpha value is -3.47. The van der Waals surface area contributed by atoms with Crippen LogP contribution in [0.4, 0.5) is 0 Å². The lowest BCUT2D eigenvalue weighted by Gasteiger charge is -2.40. The average molecular weight is 442 g/mol. The summed E-state index contributed by atoms with van der Waals surface area (Å²) in [5, 5.41) is 2.88. The van der Waals surface area contributed by atoms with Crippen LogP contribution in [0.25, 0.3) is 11.1 Å². The van der Waals surface area contributed by atoms with Crippen molar-refractivity contribution in [3.05, 3.63) is 89.7 Å². The van der Waals surface area contributed by atoms with Crippen LogP contribution in [-0.4, -0.2) is 41.8 Å². The van der Waals surface area contributed by atoms with Crippen LogP contribution in [0.2, 0.25) is 0 Å². The molecular formula is C28H31N3O2. The number of hydrogen-bond acceptors (Lipinski definition) is 3. The molecule has 0 aliphatic carbocycles. The first kappa shape index (κ1) is 22.7. The number of benzene rings is 2. The van der Waals surface area contributed by atoms with Gasteiger partial charge in [0, 0.05) is 32.5 Å². The Morgan fingerprint density at radius 2 is 1.70 bits per heavy atom. The largest absolute Gasteiger partial charge is 0.359 e. The standard InChI is InChI=1S/C28H31N3O2/c1-21-6-3-7-22(16-21)18-26(32)31-14-11-28(12-15-31,27(33)29-2)19-23-8-4-9-24(17-23)25-10-5-13-30-20-25/h3-10,13,16-17,20H,11-12,14-15,18-19H2,1-2H3,(H,29,33). The Balaban J connectivity index is 1.47. The maximum absolute atomic E-state index is 13.0. The van der Waals surface area contributed by atoms with Crippen LogP contribution in [0.1, 0.15) is 29.5 Å². The van der Waals surface area contributed by atoms with Gasteiger partial charge in [-0.1, -0.05) is 60.2 Å². The van der Waals surface area contributed by atoms with Gasteiger partial charge in [-0.15, -0.1) is 0 Å². The van der Waals surface area contributed by atoms with Crippen molar-refractivity contribution in [2.45, 2.75) is 32.6 Å². The number of nitrogens with zero attached hydrogens (tertiary/aromatic N) is 2. The number of aryl methyl sites for hydroxylation is 1. The highest BCUT2D eigenvalue weighted by Gasteiger charge is 2.41. The van der Waals surface area contributed by atoms with E-state index in [1.807, 2.05) is 54.4 Å². The van der Waals surface area contributed by atoms with Gasteiger partial charge < -0.3 is 10.2 Å². The van der Waals surface area contributed by atoms with E-state index in [4.69, 9.17) is 0 Å². The molecule has 0 spiro atoms. The molecule has 1 N–H and O–H groups in total. The monoisotopic (exact) mass is 441 g/mol. The number of pyridine rings is 1. The number of amides is 2. The Morgan fingerprint density at radius 3 is 2.39 bits per heavy atom. The summed E-state index contributed by atoms with van der Waals surface area (Å²) >= 11 is 0. The van der Waals surface area contributed by atoms with Crippen molar-refractivity contribution in [1.29, 1.82) is 0 Å². The van der Waals surface area contributed by atoms with E-state index in [2.05, 4.69) is 34.6 Å². The summed E-state index contributed by atoms with van der Waals surface area (Å²) in [6, 6.07) is 20.4. The van der Waals surface area contributed by atoms with Gasteiger partial charge in [0.1, 0.15) is 0 Å². The molecule has 1 fully saturated rings. The molecule has 0 unspecified atom stereocenters. The highest BCUT2D eigenvalue weighted by Crippen LogP contribution is 2.36. The van der Waals surface area contributed by atoms with E-state index >= 15 is 0 Å². The second-order valence-electron chi connectivity index (χ2n) is 9.02. The highest BCUT2D eigenvalue weighted by molar-refractivity contribution is 5.84. The minimum atomic E-state index is -0.511. The second kappa shape index (κ2) is 9.99. The van der Waals surface area contributed by atoms with Crippen LogP contribution in [-0.2, 0) is 22.4 Å². The zero-order valence-corrected chi connectivity index (χ0v) is 19.4. The third kappa shape index (κ3) is 5.30. The van der Waals surface area contributed by atoms with Crippen LogP contribution in [0.15, 0.2) is 73.1 Å². The third-order valence-corrected chi connectivity index (χ3v) is 6.68. The maximum atomic E-state index is 13.0. The van der Waals surface area contributed by atoms with Gasteiger partial charge in [0.15, 0.2) is 0 Å². The van der Waals surface area contributed by atoms with E-state index in [0.717, 1.165) is 27.8 Å². The Morgan fingerprint density at radius 1 is 0.970 bits per heavy atom. The summed E-state index contributed by atoms with van der Waals surface area (Å²) < 4.78 is 0. The molecule has 1 aliphatic rings. The number of piperidine rings is 1. The van der Waals surface area contributed by atoms with E-state index < -0.39 is 5.41 Å². The van der Waals surface area contributed by atoms with Gasteiger partial charge in [0.25, 0.3) is 0 Å². The van der Waals surface area contributed by atoms with Gasteiger partial charge >= 0.3 is 0 Å². The van der Waals surface area contributed by atoms with Gasteiger partial charge in [0.05, 0.1) is 11.8 Å². The molecule has 2 aromatic carbocycles. The molecule has 5 nitrogen and oxygen atoms in total. The number of nitrogens with one attached hydrogen (secondary N) is 1. The minimum Gasteiger partial charge on any atom is -0.359 e. The van der Waals surface area contributed by atoms with Crippen molar-refractivity contribution in [3.8, 4) is 11.1 Å². The molecule has 2 amide bonds. The normalized spacial score (nSPS) is 15.2. The smallest absolute Gasteiger partial charge is 0.226 e. The molecule has 2 heterocycles. The fourth-order valence-electron chi connectivity index (χ4n) is 4.83. The molecule has 3 aromatic rings. The highest BCUT2D eigenvalue weighted by atomic mass is 16.2. The molecule has 1 aromatic heterocycles. The fraction of sp³-hybridized carbons (Fsp3) is 0.321. The number of aromatic nitrogens is 1. The second-order valence-corrected chi connectivity index (χ2v) is 9.02. The number of hydrogen-bond donors (Lipinski definition) is 1. The van der Waals surface area contributed by atoms with Crippen molar-refractivity contribution in [2.75, 3.05) is 20.1 Å². The summed E-state index contributed by atoms with van der Waals surface area (Å²) in [4.78, 5) is 32.1. The van der Waals surface area contributed by atoms with Gasteiger partial charge in [-0.3, -0.25) is 14.6 Å². The van der Waals surface area contributed by atoms with E-state index in [0.29, 0.717) is 38.8 Å².